The van der Waals surface area contributed by atoms with Gasteiger partial charge in [-0.3, -0.25) is 4.90 Å². The van der Waals surface area contributed by atoms with Crippen molar-refractivity contribution in [1.82, 2.24) is 4.90 Å². The van der Waals surface area contributed by atoms with Crippen LogP contribution in [0.4, 0.5) is 4.79 Å². The second kappa shape index (κ2) is 6.88. The quantitative estimate of drug-likeness (QED) is 0.634. The Kier molecular flexibility index (Phi) is 5.44. The molecule has 0 aliphatic carbocycles. The molecule has 1 aliphatic heterocycles. The van der Waals surface area contributed by atoms with Gasteiger partial charge in [-0.05, 0) is 56.4 Å². The molecule has 1 aromatic carbocycles. The third-order valence-electron chi connectivity index (χ3n) is 4.80. The Morgan fingerprint density at radius 3 is 2.19 bits per heavy atom. The summed E-state index contributed by atoms with van der Waals surface area (Å²) in [5.74, 6) is 0.783. The monoisotopic (exact) mass is 373 g/mol. The molecule has 27 heavy (non-hydrogen) atoms. The molecule has 0 saturated heterocycles. The Bertz CT molecular complexity index is 761. The topological polar surface area (TPSA) is 38.8 Å². The summed E-state index contributed by atoms with van der Waals surface area (Å²) in [5, 5.41) is 0. The summed E-state index contributed by atoms with van der Waals surface area (Å²) in [6, 6.07) is 6.02. The molecule has 1 aromatic rings. The molecule has 0 unspecified atom stereocenters. The number of aryl methyl sites for hydroxylation is 1. The standard InChI is InChI=1S/C23H35NO3/c1-15-11-12-16(26-10)13-17(15)18-19(21(2,3)4)23(8,9)14-24(18)20(25)27-22(5,6)7/h11-13H,14H2,1-10H3. The lowest BCUT2D eigenvalue weighted by atomic mass is 9.71. The van der Waals surface area contributed by atoms with E-state index in [9.17, 15) is 4.79 Å². The van der Waals surface area contributed by atoms with E-state index in [1.807, 2.05) is 43.9 Å². The van der Waals surface area contributed by atoms with Crippen molar-refractivity contribution in [3.05, 3.63) is 34.9 Å². The van der Waals surface area contributed by atoms with Crippen molar-refractivity contribution in [3.63, 3.8) is 0 Å². The minimum atomic E-state index is -0.541. The van der Waals surface area contributed by atoms with Gasteiger partial charge in [-0.15, -0.1) is 0 Å². The summed E-state index contributed by atoms with van der Waals surface area (Å²) in [5.41, 5.74) is 3.57. The minimum Gasteiger partial charge on any atom is -0.497 e. The maximum absolute atomic E-state index is 13.1. The summed E-state index contributed by atoms with van der Waals surface area (Å²) in [6.45, 7) is 19.4. The third-order valence-corrected chi connectivity index (χ3v) is 4.80. The molecule has 0 N–H and O–H groups in total. The lowest BCUT2D eigenvalue weighted by molar-refractivity contribution is 0.0338. The average molecular weight is 374 g/mol. The molecule has 4 nitrogen and oxygen atoms in total. The van der Waals surface area contributed by atoms with Crippen LogP contribution in [-0.4, -0.2) is 30.2 Å². The number of benzene rings is 1. The fourth-order valence-electron chi connectivity index (χ4n) is 4.12. The number of carbonyl (C=O) groups is 1. The van der Waals surface area contributed by atoms with Crippen molar-refractivity contribution in [2.75, 3.05) is 13.7 Å². The molecule has 1 aliphatic rings. The molecule has 2 rings (SSSR count). The molecular formula is C23H35NO3. The van der Waals surface area contributed by atoms with E-state index in [4.69, 9.17) is 9.47 Å². The van der Waals surface area contributed by atoms with Crippen LogP contribution in [0.15, 0.2) is 23.8 Å². The van der Waals surface area contributed by atoms with Gasteiger partial charge in [-0.25, -0.2) is 4.79 Å². The van der Waals surface area contributed by atoms with Gasteiger partial charge >= 0.3 is 6.09 Å². The molecule has 0 saturated carbocycles. The first kappa shape index (κ1) is 21.3. The van der Waals surface area contributed by atoms with E-state index >= 15 is 0 Å². The predicted octanol–water partition coefficient (Wildman–Crippen LogP) is 6.04. The Morgan fingerprint density at radius 1 is 1.11 bits per heavy atom. The summed E-state index contributed by atoms with van der Waals surface area (Å²) < 4.78 is 11.2. The highest BCUT2D eigenvalue weighted by Gasteiger charge is 2.46. The van der Waals surface area contributed by atoms with Gasteiger partial charge in [-0.2, -0.15) is 0 Å². The van der Waals surface area contributed by atoms with E-state index in [0.29, 0.717) is 6.54 Å². The molecule has 0 bridgehead atoms. The first-order valence-corrected chi connectivity index (χ1v) is 9.58. The smallest absolute Gasteiger partial charge is 0.414 e. The summed E-state index contributed by atoms with van der Waals surface area (Å²) >= 11 is 0. The van der Waals surface area contributed by atoms with Crippen molar-refractivity contribution >= 4 is 11.8 Å². The number of carbonyl (C=O) groups excluding carboxylic acids is 1. The number of hydrogen-bond acceptors (Lipinski definition) is 3. The predicted molar refractivity (Wildman–Crippen MR) is 111 cm³/mol. The molecule has 1 heterocycles. The number of methoxy groups -OCH3 is 1. The normalized spacial score (nSPS) is 17.3. The maximum atomic E-state index is 13.1. The molecular weight excluding hydrogens is 338 g/mol. The second-order valence-electron chi connectivity index (χ2n) is 10.1. The highest BCUT2D eigenvalue weighted by atomic mass is 16.6. The van der Waals surface area contributed by atoms with E-state index in [1.165, 1.54) is 5.57 Å². The van der Waals surface area contributed by atoms with Crippen LogP contribution in [0.1, 0.15) is 66.5 Å². The summed E-state index contributed by atoms with van der Waals surface area (Å²) in [4.78, 5) is 14.9. The molecule has 150 valence electrons. The van der Waals surface area contributed by atoms with Crippen LogP contribution in [-0.2, 0) is 4.74 Å². The van der Waals surface area contributed by atoms with E-state index in [0.717, 1.165) is 22.6 Å². The van der Waals surface area contributed by atoms with Crippen LogP contribution >= 0.6 is 0 Å². The Morgan fingerprint density at radius 2 is 1.70 bits per heavy atom. The van der Waals surface area contributed by atoms with Crippen LogP contribution in [0.25, 0.3) is 5.70 Å². The lowest BCUT2D eigenvalue weighted by Crippen LogP contribution is -2.36. The second-order valence-corrected chi connectivity index (χ2v) is 10.1. The number of nitrogens with zero attached hydrogens (tertiary/aromatic N) is 1. The van der Waals surface area contributed by atoms with Gasteiger partial charge in [-0.1, -0.05) is 40.7 Å². The first-order chi connectivity index (χ1) is 12.2. The molecule has 0 spiro atoms. The van der Waals surface area contributed by atoms with Crippen LogP contribution < -0.4 is 4.74 Å². The SMILES string of the molecule is COc1ccc(C)c(C2=C(C(C)(C)C)C(C)(C)CN2C(=O)OC(C)(C)C)c1. The highest BCUT2D eigenvalue weighted by molar-refractivity contribution is 5.87. The van der Waals surface area contributed by atoms with Crippen molar-refractivity contribution < 1.29 is 14.3 Å². The van der Waals surface area contributed by atoms with Crippen molar-refractivity contribution in [1.29, 1.82) is 0 Å². The van der Waals surface area contributed by atoms with Gasteiger partial charge in [0.05, 0.1) is 12.8 Å². The van der Waals surface area contributed by atoms with Gasteiger partial charge in [0.1, 0.15) is 11.4 Å². The summed E-state index contributed by atoms with van der Waals surface area (Å²) in [6.07, 6.45) is -0.299. The number of hydrogen-bond donors (Lipinski definition) is 0. The van der Waals surface area contributed by atoms with Crippen LogP contribution in [0.2, 0.25) is 0 Å². The van der Waals surface area contributed by atoms with Crippen LogP contribution in [0, 0.1) is 17.8 Å². The third kappa shape index (κ3) is 4.48. The Balaban J connectivity index is 2.74. The molecule has 1 amide bonds. The largest absolute Gasteiger partial charge is 0.497 e. The fourth-order valence-corrected chi connectivity index (χ4v) is 4.12. The van der Waals surface area contributed by atoms with Gasteiger partial charge < -0.3 is 9.47 Å². The van der Waals surface area contributed by atoms with Crippen LogP contribution in [0.3, 0.4) is 0 Å². The van der Waals surface area contributed by atoms with Crippen molar-refractivity contribution in [3.8, 4) is 5.75 Å². The zero-order chi connectivity index (χ0) is 20.8. The van der Waals surface area contributed by atoms with E-state index in [1.54, 1.807) is 7.11 Å². The Labute approximate surface area is 164 Å². The maximum Gasteiger partial charge on any atom is 0.414 e. The number of amides is 1. The van der Waals surface area contributed by atoms with E-state index in [2.05, 4.69) is 41.5 Å². The number of ether oxygens (including phenoxy) is 2. The number of rotatable bonds is 2. The summed E-state index contributed by atoms with van der Waals surface area (Å²) in [7, 11) is 1.66. The van der Waals surface area contributed by atoms with Crippen molar-refractivity contribution in [2.24, 2.45) is 10.8 Å². The molecule has 0 fully saturated rings. The van der Waals surface area contributed by atoms with Gasteiger partial charge in [0, 0.05) is 17.5 Å². The molecule has 0 atom stereocenters. The van der Waals surface area contributed by atoms with E-state index in [-0.39, 0.29) is 16.9 Å². The van der Waals surface area contributed by atoms with E-state index < -0.39 is 5.60 Å². The highest BCUT2D eigenvalue weighted by Crippen LogP contribution is 2.51. The lowest BCUT2D eigenvalue weighted by Gasteiger charge is -2.32. The Hall–Kier alpha value is -1.97. The molecule has 0 aromatic heterocycles. The van der Waals surface area contributed by atoms with Crippen molar-refractivity contribution in [2.45, 2.75) is 67.9 Å². The first-order valence-electron chi connectivity index (χ1n) is 9.58. The zero-order valence-electron chi connectivity index (χ0n) is 18.6. The van der Waals surface area contributed by atoms with Crippen LogP contribution in [0.5, 0.6) is 5.75 Å². The zero-order valence-corrected chi connectivity index (χ0v) is 18.6. The minimum absolute atomic E-state index is 0.0922. The molecule has 4 heteroatoms. The average Bonchev–Trinajstić information content (AvgIpc) is 2.77. The molecule has 0 radical (unpaired) electrons. The van der Waals surface area contributed by atoms with Gasteiger partial charge in [0.2, 0.25) is 0 Å². The van der Waals surface area contributed by atoms with Gasteiger partial charge in [0.15, 0.2) is 0 Å². The fraction of sp³-hybridized carbons (Fsp3) is 0.609. The van der Waals surface area contributed by atoms with Gasteiger partial charge in [0.25, 0.3) is 0 Å².